The molecular formula is C18H24N2S. The van der Waals surface area contributed by atoms with Gasteiger partial charge in [-0.05, 0) is 51.0 Å². The molecule has 0 amide bonds. The number of thiazole rings is 1. The van der Waals surface area contributed by atoms with Gasteiger partial charge >= 0.3 is 0 Å². The van der Waals surface area contributed by atoms with Gasteiger partial charge in [0.25, 0.3) is 0 Å². The Kier molecular flexibility index (Phi) is 4.71. The Labute approximate surface area is 131 Å². The fourth-order valence-electron chi connectivity index (χ4n) is 3.31. The first-order valence-corrected chi connectivity index (χ1v) is 8.83. The minimum Gasteiger partial charge on any atom is -0.305 e. The molecule has 0 spiro atoms. The van der Waals surface area contributed by atoms with Crippen LogP contribution in [-0.2, 0) is 0 Å². The third kappa shape index (κ3) is 3.72. The molecule has 0 bridgehead atoms. The maximum Gasteiger partial charge on any atom is 0.110 e. The maximum atomic E-state index is 4.59. The van der Waals surface area contributed by atoms with Crippen molar-refractivity contribution in [3.05, 3.63) is 52.0 Å². The average Bonchev–Trinajstić information content (AvgIpc) is 2.96. The molecule has 112 valence electrons. The lowest BCUT2D eigenvalue weighted by molar-refractivity contribution is 0.321. The van der Waals surface area contributed by atoms with Gasteiger partial charge in [-0.2, -0.15) is 0 Å². The molecule has 21 heavy (non-hydrogen) atoms. The summed E-state index contributed by atoms with van der Waals surface area (Å²) in [4.78, 5) is 4.59. The van der Waals surface area contributed by atoms with E-state index >= 15 is 0 Å². The monoisotopic (exact) mass is 300 g/mol. The van der Waals surface area contributed by atoms with Crippen LogP contribution in [0.2, 0.25) is 0 Å². The van der Waals surface area contributed by atoms with E-state index in [-0.39, 0.29) is 0 Å². The molecule has 3 rings (SSSR count). The fraction of sp³-hybridized carbons (Fsp3) is 0.500. The van der Waals surface area contributed by atoms with Crippen LogP contribution in [-0.4, -0.2) is 11.0 Å². The van der Waals surface area contributed by atoms with E-state index in [2.05, 4.69) is 59.9 Å². The molecule has 1 unspecified atom stereocenters. The van der Waals surface area contributed by atoms with Gasteiger partial charge in [0.15, 0.2) is 0 Å². The molecule has 1 aromatic carbocycles. The number of aryl methyl sites for hydroxylation is 1. The zero-order valence-electron chi connectivity index (χ0n) is 12.9. The summed E-state index contributed by atoms with van der Waals surface area (Å²) < 4.78 is 0. The molecule has 0 radical (unpaired) electrons. The number of hydrogen-bond acceptors (Lipinski definition) is 3. The van der Waals surface area contributed by atoms with E-state index in [1.54, 1.807) is 11.3 Å². The molecule has 1 heterocycles. The summed E-state index contributed by atoms with van der Waals surface area (Å²) >= 11 is 1.77. The second-order valence-corrected chi connectivity index (χ2v) is 7.06. The first-order valence-electron chi connectivity index (χ1n) is 7.95. The van der Waals surface area contributed by atoms with Crippen molar-refractivity contribution < 1.29 is 0 Å². The highest BCUT2D eigenvalue weighted by atomic mass is 32.1. The molecule has 2 nitrogen and oxygen atoms in total. The molecule has 3 heteroatoms. The third-order valence-electron chi connectivity index (χ3n) is 4.49. The van der Waals surface area contributed by atoms with Crippen molar-refractivity contribution >= 4 is 11.3 Å². The molecule has 1 aliphatic carbocycles. The summed E-state index contributed by atoms with van der Waals surface area (Å²) in [5.41, 5.74) is 2.65. The predicted octanol–water partition coefficient (Wildman–Crippen LogP) is 4.83. The number of nitrogens with zero attached hydrogens (tertiary/aromatic N) is 1. The van der Waals surface area contributed by atoms with Crippen LogP contribution in [0, 0.1) is 6.92 Å². The third-order valence-corrected chi connectivity index (χ3v) is 5.64. The Bertz CT molecular complexity index is 556. The molecule has 0 aliphatic heterocycles. The maximum absolute atomic E-state index is 4.59. The van der Waals surface area contributed by atoms with E-state index in [9.17, 15) is 0 Å². The lowest BCUT2D eigenvalue weighted by atomic mass is 9.81. The fourth-order valence-corrected chi connectivity index (χ4v) is 4.13. The van der Waals surface area contributed by atoms with Crippen LogP contribution in [0.5, 0.6) is 0 Å². The standard InChI is InChI=1S/C18H24N2S/c1-13-12-21-18(19-13)14(2)20-17-10-8-16(9-11-17)15-6-4-3-5-7-15/h3-7,12,14,16-17,20H,8-11H2,1-2H3. The molecule has 2 aromatic rings. The van der Waals surface area contributed by atoms with Gasteiger partial charge in [-0.25, -0.2) is 4.98 Å². The molecule has 1 saturated carbocycles. The zero-order chi connectivity index (χ0) is 14.7. The number of benzene rings is 1. The average molecular weight is 300 g/mol. The minimum atomic E-state index is 0.377. The van der Waals surface area contributed by atoms with E-state index in [1.807, 2.05) is 0 Å². The van der Waals surface area contributed by atoms with Gasteiger partial charge in [0, 0.05) is 17.1 Å². The highest BCUT2D eigenvalue weighted by molar-refractivity contribution is 7.09. The van der Waals surface area contributed by atoms with Crippen molar-refractivity contribution in [1.82, 2.24) is 10.3 Å². The van der Waals surface area contributed by atoms with Gasteiger partial charge in [0.05, 0.1) is 6.04 Å². The van der Waals surface area contributed by atoms with Gasteiger partial charge in [0.1, 0.15) is 5.01 Å². The summed E-state index contributed by atoms with van der Waals surface area (Å²) in [5.74, 6) is 0.752. The van der Waals surface area contributed by atoms with Gasteiger partial charge < -0.3 is 5.32 Å². The van der Waals surface area contributed by atoms with Crippen molar-refractivity contribution in [3.8, 4) is 0 Å². The van der Waals surface area contributed by atoms with E-state index < -0.39 is 0 Å². The smallest absolute Gasteiger partial charge is 0.110 e. The number of hydrogen-bond donors (Lipinski definition) is 1. The van der Waals surface area contributed by atoms with Crippen LogP contribution >= 0.6 is 11.3 Å². The van der Waals surface area contributed by atoms with Crippen LogP contribution in [0.15, 0.2) is 35.7 Å². The van der Waals surface area contributed by atoms with Gasteiger partial charge in [0.2, 0.25) is 0 Å². The molecule has 1 aliphatic rings. The molecule has 1 fully saturated rings. The van der Waals surface area contributed by atoms with E-state index in [0.717, 1.165) is 11.6 Å². The summed E-state index contributed by atoms with van der Waals surface area (Å²) in [6.07, 6.45) is 5.14. The highest BCUT2D eigenvalue weighted by Gasteiger charge is 2.23. The highest BCUT2D eigenvalue weighted by Crippen LogP contribution is 2.33. The van der Waals surface area contributed by atoms with Crippen molar-refractivity contribution in [1.29, 1.82) is 0 Å². The zero-order valence-corrected chi connectivity index (χ0v) is 13.7. The van der Waals surface area contributed by atoms with Crippen molar-refractivity contribution in [2.75, 3.05) is 0 Å². The molecule has 1 aromatic heterocycles. The van der Waals surface area contributed by atoms with Crippen molar-refractivity contribution in [3.63, 3.8) is 0 Å². The second-order valence-electron chi connectivity index (χ2n) is 6.17. The van der Waals surface area contributed by atoms with Crippen LogP contribution in [0.1, 0.15) is 60.8 Å². The Morgan fingerprint density at radius 1 is 1.14 bits per heavy atom. The second kappa shape index (κ2) is 6.71. The quantitative estimate of drug-likeness (QED) is 0.875. The Morgan fingerprint density at radius 2 is 1.86 bits per heavy atom. The summed E-state index contributed by atoms with van der Waals surface area (Å²) in [7, 11) is 0. The Balaban J connectivity index is 1.52. The largest absolute Gasteiger partial charge is 0.305 e. The molecule has 1 N–H and O–H groups in total. The minimum absolute atomic E-state index is 0.377. The van der Waals surface area contributed by atoms with E-state index in [0.29, 0.717) is 12.1 Å². The van der Waals surface area contributed by atoms with Crippen molar-refractivity contribution in [2.24, 2.45) is 0 Å². The Hall–Kier alpha value is -1.19. The van der Waals surface area contributed by atoms with Gasteiger partial charge in [-0.1, -0.05) is 30.3 Å². The van der Waals surface area contributed by atoms with Crippen molar-refractivity contribution in [2.45, 2.75) is 57.5 Å². The van der Waals surface area contributed by atoms with Gasteiger partial charge in [-0.15, -0.1) is 11.3 Å². The number of aromatic nitrogens is 1. The summed E-state index contributed by atoms with van der Waals surface area (Å²) in [6.45, 7) is 4.30. The molecule has 1 atom stereocenters. The Morgan fingerprint density at radius 3 is 2.48 bits per heavy atom. The van der Waals surface area contributed by atoms with Gasteiger partial charge in [-0.3, -0.25) is 0 Å². The first-order chi connectivity index (χ1) is 10.2. The lowest BCUT2D eigenvalue weighted by Crippen LogP contribution is -2.34. The topological polar surface area (TPSA) is 24.9 Å². The normalized spacial score (nSPS) is 23.9. The predicted molar refractivity (Wildman–Crippen MR) is 89.8 cm³/mol. The van der Waals surface area contributed by atoms with E-state index in [4.69, 9.17) is 0 Å². The van der Waals surface area contributed by atoms with E-state index in [1.165, 1.54) is 36.3 Å². The van der Waals surface area contributed by atoms with Crippen LogP contribution in [0.4, 0.5) is 0 Å². The molecular weight excluding hydrogens is 276 g/mol. The number of rotatable bonds is 4. The summed E-state index contributed by atoms with van der Waals surface area (Å²) in [6, 6.07) is 12.0. The van der Waals surface area contributed by atoms with Crippen LogP contribution < -0.4 is 5.32 Å². The summed E-state index contributed by atoms with van der Waals surface area (Å²) in [5, 5.41) is 7.13. The number of nitrogens with one attached hydrogen (secondary N) is 1. The first kappa shape index (κ1) is 14.7. The van der Waals surface area contributed by atoms with Crippen LogP contribution in [0.25, 0.3) is 0 Å². The molecule has 0 saturated heterocycles. The lowest BCUT2D eigenvalue weighted by Gasteiger charge is -2.31. The SMILES string of the molecule is Cc1csc(C(C)NC2CCC(c3ccccc3)CC2)n1. The van der Waals surface area contributed by atoms with Crippen LogP contribution in [0.3, 0.4) is 0 Å².